The van der Waals surface area contributed by atoms with E-state index >= 15 is 0 Å². The number of benzene rings is 2. The molecule has 0 aromatic heterocycles. The molecule has 3 rings (SSSR count). The molecular formula is C22H26FN3O4S2. The first kappa shape index (κ1) is 24.2. The van der Waals surface area contributed by atoms with Crippen LogP contribution in [0, 0.1) is 5.82 Å². The number of hydrogen-bond acceptors (Lipinski definition) is 5. The highest BCUT2D eigenvalue weighted by Crippen LogP contribution is 2.20. The molecule has 0 atom stereocenters. The monoisotopic (exact) mass is 479 g/mol. The van der Waals surface area contributed by atoms with E-state index < -0.39 is 10.0 Å². The smallest absolute Gasteiger partial charge is 0.243 e. The van der Waals surface area contributed by atoms with Crippen molar-refractivity contribution in [3.63, 3.8) is 0 Å². The molecule has 1 aliphatic rings. The number of thioether (sulfide) groups is 1. The fourth-order valence-corrected chi connectivity index (χ4v) is 5.42. The molecule has 2 amide bonds. The van der Waals surface area contributed by atoms with Gasteiger partial charge in [0.2, 0.25) is 21.8 Å². The van der Waals surface area contributed by atoms with Crippen molar-refractivity contribution >= 4 is 39.3 Å². The van der Waals surface area contributed by atoms with Gasteiger partial charge < -0.3 is 10.6 Å². The topological polar surface area (TPSA) is 95.6 Å². The minimum atomic E-state index is -3.47. The Morgan fingerprint density at radius 3 is 2.19 bits per heavy atom. The Bertz CT molecular complexity index is 1020. The molecule has 2 N–H and O–H groups in total. The van der Waals surface area contributed by atoms with E-state index in [1.165, 1.54) is 40.3 Å². The first-order chi connectivity index (χ1) is 15.3. The predicted molar refractivity (Wildman–Crippen MR) is 123 cm³/mol. The summed E-state index contributed by atoms with van der Waals surface area (Å²) in [4.78, 5) is 24.2. The third-order valence-electron chi connectivity index (χ3n) is 4.96. The molecule has 0 saturated carbocycles. The molecule has 7 nitrogen and oxygen atoms in total. The highest BCUT2D eigenvalue weighted by molar-refractivity contribution is 8.00. The lowest BCUT2D eigenvalue weighted by atomic mass is 10.2. The number of piperidine rings is 1. The number of nitrogens with zero attached hydrogens (tertiary/aromatic N) is 1. The van der Waals surface area contributed by atoms with Gasteiger partial charge >= 0.3 is 0 Å². The van der Waals surface area contributed by atoms with Crippen LogP contribution in [0.25, 0.3) is 0 Å². The average Bonchev–Trinajstić information content (AvgIpc) is 2.80. The van der Waals surface area contributed by atoms with E-state index in [0.29, 0.717) is 18.8 Å². The van der Waals surface area contributed by atoms with Gasteiger partial charge in [0.25, 0.3) is 0 Å². The summed E-state index contributed by atoms with van der Waals surface area (Å²) in [5.74, 6) is -0.687. The Morgan fingerprint density at radius 1 is 0.906 bits per heavy atom. The number of sulfonamides is 1. The third kappa shape index (κ3) is 7.04. The van der Waals surface area contributed by atoms with Crippen molar-refractivity contribution in [2.75, 3.05) is 29.9 Å². The van der Waals surface area contributed by atoms with Crippen LogP contribution in [0.15, 0.2) is 53.4 Å². The van der Waals surface area contributed by atoms with Crippen LogP contribution in [-0.2, 0) is 26.2 Å². The maximum Gasteiger partial charge on any atom is 0.243 e. The predicted octanol–water partition coefficient (Wildman–Crippen LogP) is 2.99. The summed E-state index contributed by atoms with van der Waals surface area (Å²) >= 11 is 1.17. The van der Waals surface area contributed by atoms with E-state index in [1.807, 2.05) is 0 Å². The van der Waals surface area contributed by atoms with Crippen molar-refractivity contribution in [1.29, 1.82) is 0 Å². The van der Waals surface area contributed by atoms with E-state index in [9.17, 15) is 22.4 Å². The van der Waals surface area contributed by atoms with E-state index in [1.54, 1.807) is 24.3 Å². The molecule has 0 spiro atoms. The molecule has 0 radical (unpaired) electrons. The van der Waals surface area contributed by atoms with Crippen molar-refractivity contribution in [1.82, 2.24) is 9.62 Å². The lowest BCUT2D eigenvalue weighted by molar-refractivity contribution is -0.118. The van der Waals surface area contributed by atoms with Crippen LogP contribution >= 0.6 is 11.8 Å². The first-order valence-corrected chi connectivity index (χ1v) is 12.9. The van der Waals surface area contributed by atoms with E-state index in [-0.39, 0.29) is 40.6 Å². The number of nitrogens with one attached hydrogen (secondary N) is 2. The SMILES string of the molecule is O=C(CSCC(=O)Nc1ccc(F)cc1)NCc1ccc(S(=O)(=O)N2CCCCC2)cc1. The normalized spacial score (nSPS) is 14.7. The second-order valence-corrected chi connectivity index (χ2v) is 10.4. The van der Waals surface area contributed by atoms with Crippen molar-refractivity contribution in [2.45, 2.75) is 30.7 Å². The molecule has 1 heterocycles. The largest absolute Gasteiger partial charge is 0.351 e. The molecule has 1 aliphatic heterocycles. The zero-order valence-electron chi connectivity index (χ0n) is 17.6. The molecule has 1 saturated heterocycles. The van der Waals surface area contributed by atoms with E-state index in [0.717, 1.165) is 24.8 Å². The van der Waals surface area contributed by atoms with Crippen LogP contribution in [0.1, 0.15) is 24.8 Å². The Balaban J connectivity index is 1.39. The maximum absolute atomic E-state index is 12.9. The lowest BCUT2D eigenvalue weighted by Crippen LogP contribution is -2.35. The minimum Gasteiger partial charge on any atom is -0.351 e. The van der Waals surface area contributed by atoms with E-state index in [4.69, 9.17) is 0 Å². The molecular weight excluding hydrogens is 453 g/mol. The number of halogens is 1. The van der Waals surface area contributed by atoms with Gasteiger partial charge in [0.15, 0.2) is 0 Å². The van der Waals surface area contributed by atoms with Crippen molar-refractivity contribution < 1.29 is 22.4 Å². The van der Waals surface area contributed by atoms with Crippen molar-refractivity contribution in [3.8, 4) is 0 Å². The Labute approximate surface area is 191 Å². The van der Waals surface area contributed by atoms with Gasteiger partial charge in [0.1, 0.15) is 5.82 Å². The number of carbonyl (C=O) groups is 2. The highest BCUT2D eigenvalue weighted by Gasteiger charge is 2.25. The lowest BCUT2D eigenvalue weighted by Gasteiger charge is -2.25. The Hall–Kier alpha value is -2.43. The van der Waals surface area contributed by atoms with E-state index in [2.05, 4.69) is 10.6 Å². The Kier molecular flexibility index (Phi) is 8.66. The van der Waals surface area contributed by atoms with Crippen LogP contribution < -0.4 is 10.6 Å². The summed E-state index contributed by atoms with van der Waals surface area (Å²) in [6, 6.07) is 12.0. The quantitative estimate of drug-likeness (QED) is 0.577. The molecule has 2 aromatic carbocycles. The minimum absolute atomic E-state index is 0.0911. The molecule has 32 heavy (non-hydrogen) atoms. The van der Waals surface area contributed by atoms with Gasteiger partial charge in [-0.2, -0.15) is 4.31 Å². The summed E-state index contributed by atoms with van der Waals surface area (Å²) < 4.78 is 39.7. The molecule has 1 fully saturated rings. The fraction of sp³-hybridized carbons (Fsp3) is 0.364. The Morgan fingerprint density at radius 2 is 1.53 bits per heavy atom. The average molecular weight is 480 g/mol. The summed E-state index contributed by atoms with van der Waals surface area (Å²) in [5, 5.41) is 5.39. The van der Waals surface area contributed by atoms with Crippen LogP contribution in [0.5, 0.6) is 0 Å². The third-order valence-corrected chi connectivity index (χ3v) is 7.81. The number of rotatable bonds is 9. The maximum atomic E-state index is 12.9. The number of carbonyl (C=O) groups excluding carboxylic acids is 2. The van der Waals surface area contributed by atoms with Crippen molar-refractivity contribution in [2.24, 2.45) is 0 Å². The number of hydrogen-bond donors (Lipinski definition) is 2. The standard InChI is InChI=1S/C22H26FN3O4S2/c23-18-6-8-19(9-7-18)25-22(28)16-31-15-21(27)24-14-17-4-10-20(11-5-17)32(29,30)26-12-2-1-3-13-26/h4-11H,1-3,12-16H2,(H,24,27)(H,25,28). The summed E-state index contributed by atoms with van der Waals surface area (Å²) in [6.45, 7) is 1.38. The fourth-order valence-electron chi connectivity index (χ4n) is 3.25. The second-order valence-electron chi connectivity index (χ2n) is 7.43. The highest BCUT2D eigenvalue weighted by atomic mass is 32.2. The van der Waals surface area contributed by atoms with Gasteiger partial charge in [-0.25, -0.2) is 12.8 Å². The second kappa shape index (κ2) is 11.4. The van der Waals surface area contributed by atoms with Crippen LogP contribution in [0.3, 0.4) is 0 Å². The van der Waals surface area contributed by atoms with Gasteiger partial charge in [0.05, 0.1) is 16.4 Å². The van der Waals surface area contributed by atoms with Gasteiger partial charge in [0, 0.05) is 25.3 Å². The van der Waals surface area contributed by atoms with Gasteiger partial charge in [-0.05, 0) is 54.8 Å². The zero-order chi connectivity index (χ0) is 23.0. The molecule has 2 aromatic rings. The number of anilines is 1. The number of amides is 2. The van der Waals surface area contributed by atoms with Crippen molar-refractivity contribution in [3.05, 3.63) is 59.9 Å². The van der Waals surface area contributed by atoms with Crippen LogP contribution in [-0.4, -0.2) is 49.1 Å². The molecule has 10 heteroatoms. The summed E-state index contributed by atoms with van der Waals surface area (Å²) in [7, 11) is -3.47. The summed E-state index contributed by atoms with van der Waals surface area (Å²) in [5.41, 5.74) is 1.28. The van der Waals surface area contributed by atoms with Crippen LogP contribution in [0.2, 0.25) is 0 Å². The molecule has 172 valence electrons. The molecule has 0 bridgehead atoms. The molecule has 0 unspecified atom stereocenters. The van der Waals surface area contributed by atoms with Gasteiger partial charge in [-0.3, -0.25) is 9.59 Å². The summed E-state index contributed by atoms with van der Waals surface area (Å²) in [6.07, 6.45) is 2.83. The zero-order valence-corrected chi connectivity index (χ0v) is 19.2. The van der Waals surface area contributed by atoms with Crippen LogP contribution in [0.4, 0.5) is 10.1 Å². The molecule has 0 aliphatic carbocycles. The van der Waals surface area contributed by atoms with Gasteiger partial charge in [-0.15, -0.1) is 11.8 Å². The first-order valence-electron chi connectivity index (χ1n) is 10.3. The van der Waals surface area contributed by atoms with Gasteiger partial charge in [-0.1, -0.05) is 18.6 Å².